The third kappa shape index (κ3) is 2.77. The first-order valence-electron chi connectivity index (χ1n) is 4.65. The number of nitrogens with zero attached hydrogens (tertiary/aromatic N) is 1. The van der Waals surface area contributed by atoms with E-state index in [1.165, 1.54) is 12.1 Å². The first kappa shape index (κ1) is 11.1. The van der Waals surface area contributed by atoms with E-state index in [0.29, 0.717) is 18.2 Å². The molecule has 1 aromatic carbocycles. The van der Waals surface area contributed by atoms with Crippen molar-refractivity contribution in [2.45, 2.75) is 26.4 Å². The van der Waals surface area contributed by atoms with Crippen LogP contribution in [0.5, 0.6) is 0 Å². The van der Waals surface area contributed by atoms with Gasteiger partial charge in [0.25, 0.3) is 0 Å². The minimum atomic E-state index is -0.390. The molecule has 0 saturated carbocycles. The highest BCUT2D eigenvalue weighted by Gasteiger charge is 2.08. The van der Waals surface area contributed by atoms with Gasteiger partial charge in [0.15, 0.2) is 0 Å². The fourth-order valence-corrected chi connectivity index (χ4v) is 1.12. The normalized spacial score (nSPS) is 11.4. The van der Waals surface area contributed by atoms with Gasteiger partial charge in [0.05, 0.1) is 0 Å². The predicted molar refractivity (Wildman–Crippen MR) is 53.0 cm³/mol. The molecule has 1 aromatic rings. The number of halogens is 2. The Morgan fingerprint density at radius 1 is 1.29 bits per heavy atom. The number of benzene rings is 1. The smallest absolute Gasteiger partial charge is 0.127 e. The molecule has 0 fully saturated rings. The summed E-state index contributed by atoms with van der Waals surface area (Å²) in [4.78, 5) is 1.96. The van der Waals surface area contributed by atoms with Gasteiger partial charge in [-0.05, 0) is 39.1 Å². The zero-order valence-electron chi connectivity index (χ0n) is 8.72. The van der Waals surface area contributed by atoms with Crippen molar-refractivity contribution in [2.75, 3.05) is 7.05 Å². The fourth-order valence-electron chi connectivity index (χ4n) is 1.12. The maximum atomic E-state index is 13.2. The van der Waals surface area contributed by atoms with Crippen molar-refractivity contribution in [2.24, 2.45) is 0 Å². The first-order valence-corrected chi connectivity index (χ1v) is 4.65. The van der Waals surface area contributed by atoms with Crippen LogP contribution in [-0.2, 0) is 6.54 Å². The quantitative estimate of drug-likeness (QED) is 0.723. The van der Waals surface area contributed by atoms with Gasteiger partial charge in [-0.25, -0.2) is 8.78 Å². The van der Waals surface area contributed by atoms with E-state index in [4.69, 9.17) is 0 Å². The zero-order valence-corrected chi connectivity index (χ0v) is 8.72. The molecular formula is C11H15F2N. The van der Waals surface area contributed by atoms with Crippen LogP contribution < -0.4 is 0 Å². The molecule has 0 unspecified atom stereocenters. The van der Waals surface area contributed by atoms with Gasteiger partial charge in [-0.15, -0.1) is 0 Å². The predicted octanol–water partition coefficient (Wildman–Crippen LogP) is 2.81. The Morgan fingerprint density at radius 2 is 1.93 bits per heavy atom. The molecule has 0 N–H and O–H groups in total. The van der Waals surface area contributed by atoms with Gasteiger partial charge in [-0.2, -0.15) is 0 Å². The van der Waals surface area contributed by atoms with Crippen LogP contribution in [0.4, 0.5) is 8.78 Å². The summed E-state index contributed by atoms with van der Waals surface area (Å²) < 4.78 is 26.0. The third-order valence-corrected chi connectivity index (χ3v) is 2.31. The second kappa shape index (κ2) is 4.51. The first-order chi connectivity index (χ1) is 6.50. The molecular weight excluding hydrogens is 184 g/mol. The summed E-state index contributed by atoms with van der Waals surface area (Å²) in [5, 5.41) is 0. The SMILES string of the molecule is CC(C)N(C)Cc1cc(F)ccc1F. The second-order valence-corrected chi connectivity index (χ2v) is 3.74. The molecule has 0 aliphatic heterocycles. The molecule has 3 heteroatoms. The minimum Gasteiger partial charge on any atom is -0.300 e. The highest BCUT2D eigenvalue weighted by molar-refractivity contribution is 5.18. The fraction of sp³-hybridized carbons (Fsp3) is 0.455. The van der Waals surface area contributed by atoms with Gasteiger partial charge in [0, 0.05) is 18.2 Å². The molecule has 1 nitrogen and oxygen atoms in total. The summed E-state index contributed by atoms with van der Waals surface area (Å²) in [6, 6.07) is 3.86. The number of rotatable bonds is 3. The van der Waals surface area contributed by atoms with Crippen LogP contribution >= 0.6 is 0 Å². The van der Waals surface area contributed by atoms with Gasteiger partial charge in [-0.1, -0.05) is 0 Å². The molecule has 0 heterocycles. The van der Waals surface area contributed by atoms with Gasteiger partial charge >= 0.3 is 0 Å². The van der Waals surface area contributed by atoms with Crippen LogP contribution in [0.15, 0.2) is 18.2 Å². The van der Waals surface area contributed by atoms with Crippen molar-refractivity contribution in [1.82, 2.24) is 4.90 Å². The van der Waals surface area contributed by atoms with E-state index in [0.717, 1.165) is 6.07 Å². The molecule has 0 saturated heterocycles. The van der Waals surface area contributed by atoms with E-state index >= 15 is 0 Å². The minimum absolute atomic E-state index is 0.317. The highest BCUT2D eigenvalue weighted by atomic mass is 19.1. The van der Waals surface area contributed by atoms with E-state index in [2.05, 4.69) is 0 Å². The van der Waals surface area contributed by atoms with Gasteiger partial charge < -0.3 is 0 Å². The Labute approximate surface area is 83.3 Å². The van der Waals surface area contributed by atoms with Crippen LogP contribution in [0, 0.1) is 11.6 Å². The van der Waals surface area contributed by atoms with Crippen LogP contribution in [0.1, 0.15) is 19.4 Å². The maximum Gasteiger partial charge on any atom is 0.127 e. The third-order valence-electron chi connectivity index (χ3n) is 2.31. The molecule has 0 radical (unpaired) electrons. The van der Waals surface area contributed by atoms with Gasteiger partial charge in [0.2, 0.25) is 0 Å². The van der Waals surface area contributed by atoms with Crippen molar-refractivity contribution < 1.29 is 8.78 Å². The van der Waals surface area contributed by atoms with Crippen molar-refractivity contribution in [3.8, 4) is 0 Å². The lowest BCUT2D eigenvalue weighted by molar-refractivity contribution is 0.261. The van der Waals surface area contributed by atoms with Gasteiger partial charge in [-0.3, -0.25) is 4.90 Å². The number of hydrogen-bond acceptors (Lipinski definition) is 1. The second-order valence-electron chi connectivity index (χ2n) is 3.74. The standard InChI is InChI=1S/C11H15F2N/c1-8(2)14(3)7-9-6-10(12)4-5-11(9)13/h4-6,8H,7H2,1-3H3. The molecule has 0 aromatic heterocycles. The highest BCUT2D eigenvalue weighted by Crippen LogP contribution is 2.12. The van der Waals surface area contributed by atoms with E-state index in [1.807, 2.05) is 25.8 Å². The Morgan fingerprint density at radius 3 is 2.50 bits per heavy atom. The topological polar surface area (TPSA) is 3.24 Å². The molecule has 0 bridgehead atoms. The lowest BCUT2D eigenvalue weighted by Crippen LogP contribution is -2.26. The van der Waals surface area contributed by atoms with Crippen LogP contribution in [0.2, 0.25) is 0 Å². The van der Waals surface area contributed by atoms with Crippen molar-refractivity contribution in [3.05, 3.63) is 35.4 Å². The zero-order chi connectivity index (χ0) is 10.7. The van der Waals surface area contributed by atoms with E-state index in [1.54, 1.807) is 0 Å². The summed E-state index contributed by atoms with van der Waals surface area (Å²) in [5.74, 6) is -0.738. The Balaban J connectivity index is 2.80. The average Bonchev–Trinajstić information content (AvgIpc) is 2.11. The molecule has 1 rings (SSSR count). The Kier molecular flexibility index (Phi) is 3.58. The van der Waals surface area contributed by atoms with Gasteiger partial charge in [0.1, 0.15) is 11.6 Å². The van der Waals surface area contributed by atoms with Crippen molar-refractivity contribution in [3.63, 3.8) is 0 Å². The largest absolute Gasteiger partial charge is 0.300 e. The molecule has 0 amide bonds. The summed E-state index contributed by atoms with van der Waals surface area (Å²) >= 11 is 0. The summed E-state index contributed by atoms with van der Waals surface area (Å²) in [5.41, 5.74) is 0.404. The van der Waals surface area contributed by atoms with Crippen LogP contribution in [-0.4, -0.2) is 18.0 Å². The average molecular weight is 199 g/mol. The lowest BCUT2D eigenvalue weighted by Gasteiger charge is -2.21. The Hall–Kier alpha value is -0.960. The molecule has 78 valence electrons. The maximum absolute atomic E-state index is 13.2. The van der Waals surface area contributed by atoms with E-state index < -0.39 is 5.82 Å². The Bertz CT molecular complexity index is 310. The summed E-state index contributed by atoms with van der Waals surface area (Å²) in [6.45, 7) is 4.45. The van der Waals surface area contributed by atoms with Crippen molar-refractivity contribution in [1.29, 1.82) is 0 Å². The molecule has 0 aliphatic rings. The number of hydrogen-bond donors (Lipinski definition) is 0. The molecule has 14 heavy (non-hydrogen) atoms. The summed E-state index contributed by atoms with van der Waals surface area (Å²) in [7, 11) is 1.88. The molecule has 0 spiro atoms. The monoisotopic (exact) mass is 199 g/mol. The van der Waals surface area contributed by atoms with E-state index in [9.17, 15) is 8.78 Å². The molecule has 0 atom stereocenters. The van der Waals surface area contributed by atoms with Crippen molar-refractivity contribution >= 4 is 0 Å². The van der Waals surface area contributed by atoms with E-state index in [-0.39, 0.29) is 5.82 Å². The van der Waals surface area contributed by atoms with Crippen LogP contribution in [0.25, 0.3) is 0 Å². The summed E-state index contributed by atoms with van der Waals surface area (Å²) in [6.07, 6.45) is 0. The lowest BCUT2D eigenvalue weighted by atomic mass is 10.2. The van der Waals surface area contributed by atoms with Crippen LogP contribution in [0.3, 0.4) is 0 Å². The molecule has 0 aliphatic carbocycles.